The van der Waals surface area contributed by atoms with E-state index in [0.29, 0.717) is 10.2 Å². The Balaban J connectivity index is 2.27. The lowest BCUT2D eigenvalue weighted by Crippen LogP contribution is -2.24. The lowest BCUT2D eigenvalue weighted by molar-refractivity contribution is -0.112. The molecule has 0 spiro atoms. The third-order valence-electron chi connectivity index (χ3n) is 2.77. The molecular formula is C14H12BrF2N4O2P. The molecule has 2 rings (SSSR count). The summed E-state index contributed by atoms with van der Waals surface area (Å²) in [6, 6.07) is 7.24. The van der Waals surface area contributed by atoms with E-state index >= 15 is 0 Å². The second kappa shape index (κ2) is 7.19. The number of nitrogens with two attached hydrogens (primary N) is 1. The van der Waals surface area contributed by atoms with Gasteiger partial charge in [-0.3, -0.25) is 10.2 Å². The van der Waals surface area contributed by atoms with Gasteiger partial charge in [-0.1, -0.05) is 0 Å². The maximum Gasteiger partial charge on any atom is 0.408 e. The van der Waals surface area contributed by atoms with E-state index < -0.39 is 17.5 Å². The molecule has 0 radical (unpaired) electrons. The zero-order valence-corrected chi connectivity index (χ0v) is 14.8. The molecule has 0 aliphatic carbocycles. The lowest BCUT2D eigenvalue weighted by atomic mass is 10.1. The van der Waals surface area contributed by atoms with Gasteiger partial charge in [0.05, 0.1) is 5.56 Å². The quantitative estimate of drug-likeness (QED) is 0.496. The third-order valence-corrected chi connectivity index (χ3v) is 3.55. The van der Waals surface area contributed by atoms with Gasteiger partial charge in [0.1, 0.15) is 17.3 Å². The molecule has 0 saturated carbocycles. The van der Waals surface area contributed by atoms with E-state index in [1.807, 2.05) is 0 Å². The number of hydrogen-bond acceptors (Lipinski definition) is 5. The van der Waals surface area contributed by atoms with E-state index in [0.717, 1.165) is 0 Å². The molecule has 0 saturated heterocycles. The number of benzene rings is 1. The molecule has 1 aromatic heterocycles. The summed E-state index contributed by atoms with van der Waals surface area (Å²) in [4.78, 5) is 15.3. The Bertz CT molecular complexity index is 781. The number of rotatable bonds is 6. The Hall–Kier alpha value is -2.12. The van der Waals surface area contributed by atoms with Crippen LogP contribution in [0, 0.1) is 5.41 Å². The normalized spacial score (nSPS) is 11.0. The summed E-state index contributed by atoms with van der Waals surface area (Å²) in [5.74, 6) is -4.06. The lowest BCUT2D eigenvalue weighted by Gasteiger charge is -2.14. The third kappa shape index (κ3) is 4.69. The van der Waals surface area contributed by atoms with Crippen LogP contribution in [0.4, 0.5) is 20.3 Å². The van der Waals surface area contributed by atoms with Crippen LogP contribution in [0.15, 0.2) is 41.0 Å². The van der Waals surface area contributed by atoms with Crippen molar-refractivity contribution in [2.24, 2.45) is 5.73 Å². The zero-order chi connectivity index (χ0) is 17.9. The molecule has 0 bridgehead atoms. The number of carbonyl (C=O) groups is 1. The van der Waals surface area contributed by atoms with Gasteiger partial charge in [-0.25, -0.2) is 4.98 Å². The summed E-state index contributed by atoms with van der Waals surface area (Å²) >= 11 is 3.24. The molecule has 1 unspecified atom stereocenters. The molecule has 1 aromatic carbocycles. The molecule has 24 heavy (non-hydrogen) atoms. The maximum absolute atomic E-state index is 12.8. The number of nitrogens with one attached hydrogen (secondary N) is 2. The number of alkyl halides is 2. The van der Waals surface area contributed by atoms with Crippen molar-refractivity contribution < 1.29 is 18.3 Å². The molecular weight excluding hydrogens is 405 g/mol. The zero-order valence-electron chi connectivity index (χ0n) is 12.0. The van der Waals surface area contributed by atoms with Crippen LogP contribution in [0.3, 0.4) is 0 Å². The van der Waals surface area contributed by atoms with Crippen molar-refractivity contribution >= 4 is 48.3 Å². The van der Waals surface area contributed by atoms with E-state index in [-0.39, 0.29) is 17.1 Å². The standard InChI is InChI=1S/C14H12BrF2N4O2P/c15-9-5-6-20-13(10(9)11(18)12(19)22)21-7-1-3-8(4-2-7)23-14(16,17)24/h1-6,18H,24H2,(H2,19,22)(H,20,21). The Morgan fingerprint density at radius 3 is 2.50 bits per heavy atom. The van der Waals surface area contributed by atoms with Crippen LogP contribution >= 0.6 is 25.2 Å². The summed E-state index contributed by atoms with van der Waals surface area (Å²) < 4.78 is 30.4. The van der Waals surface area contributed by atoms with Gasteiger partial charge in [-0.05, 0) is 55.5 Å². The van der Waals surface area contributed by atoms with Gasteiger partial charge >= 0.3 is 5.85 Å². The summed E-state index contributed by atoms with van der Waals surface area (Å²) in [6.45, 7) is 0. The van der Waals surface area contributed by atoms with E-state index in [1.165, 1.54) is 39.7 Å². The minimum Gasteiger partial charge on any atom is -0.430 e. The van der Waals surface area contributed by atoms with E-state index in [9.17, 15) is 13.6 Å². The summed E-state index contributed by atoms with van der Waals surface area (Å²) in [7, 11) is 1.28. The average Bonchev–Trinajstić information content (AvgIpc) is 2.47. The van der Waals surface area contributed by atoms with Crippen LogP contribution in [0.5, 0.6) is 5.75 Å². The molecule has 1 heterocycles. The molecule has 1 amide bonds. The van der Waals surface area contributed by atoms with Crippen molar-refractivity contribution in [3.05, 3.63) is 46.6 Å². The SMILES string of the molecule is N=C(C(N)=O)c1c(Br)ccnc1Nc1ccc(OC(F)(F)P)cc1. The first-order valence-electron chi connectivity index (χ1n) is 6.43. The number of carbonyl (C=O) groups excluding carboxylic acids is 1. The highest BCUT2D eigenvalue weighted by molar-refractivity contribution is 9.10. The molecule has 0 aliphatic rings. The Morgan fingerprint density at radius 2 is 1.96 bits per heavy atom. The smallest absolute Gasteiger partial charge is 0.408 e. The highest BCUT2D eigenvalue weighted by Gasteiger charge is 2.23. The van der Waals surface area contributed by atoms with E-state index in [2.05, 4.69) is 31.0 Å². The number of anilines is 2. The van der Waals surface area contributed by atoms with Crippen molar-refractivity contribution in [2.45, 2.75) is 5.85 Å². The number of hydrogen-bond donors (Lipinski definition) is 3. The Morgan fingerprint density at radius 1 is 1.33 bits per heavy atom. The minimum absolute atomic E-state index is 0.0205. The molecule has 10 heteroatoms. The second-order valence-electron chi connectivity index (χ2n) is 4.57. The largest absolute Gasteiger partial charge is 0.430 e. The highest BCUT2D eigenvalue weighted by Crippen LogP contribution is 2.29. The van der Waals surface area contributed by atoms with Crippen LogP contribution in [-0.2, 0) is 4.79 Å². The molecule has 0 fully saturated rings. The van der Waals surface area contributed by atoms with Gasteiger partial charge in [0, 0.05) is 16.4 Å². The monoisotopic (exact) mass is 416 g/mol. The number of aromatic nitrogens is 1. The molecule has 0 aliphatic heterocycles. The van der Waals surface area contributed by atoms with Gasteiger partial charge in [0.25, 0.3) is 5.91 Å². The number of nitrogens with zero attached hydrogens (tertiary/aromatic N) is 1. The average molecular weight is 417 g/mol. The molecule has 1 atom stereocenters. The Labute approximate surface area is 146 Å². The number of ether oxygens (including phenoxy) is 1. The first-order chi connectivity index (χ1) is 11.2. The van der Waals surface area contributed by atoms with Gasteiger partial charge in [0.2, 0.25) is 0 Å². The minimum atomic E-state index is -3.36. The topological polar surface area (TPSA) is 101 Å². The summed E-state index contributed by atoms with van der Waals surface area (Å²) in [5.41, 5.74) is 5.43. The molecule has 126 valence electrons. The molecule has 6 nitrogen and oxygen atoms in total. The van der Waals surface area contributed by atoms with Gasteiger partial charge in [-0.2, -0.15) is 8.78 Å². The van der Waals surface area contributed by atoms with Gasteiger partial charge < -0.3 is 15.8 Å². The summed E-state index contributed by atoms with van der Waals surface area (Å²) in [6.07, 6.45) is 1.47. The molecule has 4 N–H and O–H groups in total. The second-order valence-corrected chi connectivity index (χ2v) is 6.10. The van der Waals surface area contributed by atoms with Crippen molar-refractivity contribution in [2.75, 3.05) is 5.32 Å². The van der Waals surface area contributed by atoms with Crippen molar-refractivity contribution in [3.8, 4) is 5.75 Å². The number of amides is 1. The fourth-order valence-electron chi connectivity index (χ4n) is 1.79. The number of pyridine rings is 1. The first kappa shape index (κ1) is 18.2. The van der Waals surface area contributed by atoms with Crippen LogP contribution in [0.25, 0.3) is 0 Å². The van der Waals surface area contributed by atoms with Crippen molar-refractivity contribution in [1.82, 2.24) is 4.98 Å². The van der Waals surface area contributed by atoms with Gasteiger partial charge in [-0.15, -0.1) is 0 Å². The van der Waals surface area contributed by atoms with Gasteiger partial charge in [0.15, 0.2) is 0 Å². The van der Waals surface area contributed by atoms with E-state index in [4.69, 9.17) is 11.1 Å². The van der Waals surface area contributed by atoms with Crippen LogP contribution < -0.4 is 15.8 Å². The van der Waals surface area contributed by atoms with E-state index in [1.54, 1.807) is 6.07 Å². The highest BCUT2D eigenvalue weighted by atomic mass is 79.9. The van der Waals surface area contributed by atoms with Crippen molar-refractivity contribution in [1.29, 1.82) is 5.41 Å². The fraction of sp³-hybridized carbons (Fsp3) is 0.0714. The van der Waals surface area contributed by atoms with Crippen LogP contribution in [0.1, 0.15) is 5.56 Å². The van der Waals surface area contributed by atoms with Crippen LogP contribution in [-0.4, -0.2) is 22.5 Å². The first-order valence-corrected chi connectivity index (χ1v) is 7.80. The predicted molar refractivity (Wildman–Crippen MR) is 93.0 cm³/mol. The molecule has 2 aromatic rings. The Kier molecular flexibility index (Phi) is 5.46. The predicted octanol–water partition coefficient (Wildman–Crippen LogP) is 3.25. The summed E-state index contributed by atoms with van der Waals surface area (Å²) in [5, 5.41) is 10.7. The van der Waals surface area contributed by atoms with Crippen LogP contribution in [0.2, 0.25) is 0 Å². The number of halogens is 3. The number of primary amides is 1. The maximum atomic E-state index is 12.8. The van der Waals surface area contributed by atoms with Crippen molar-refractivity contribution in [3.63, 3.8) is 0 Å². The fourth-order valence-corrected chi connectivity index (χ4v) is 2.43.